The molecule has 1 aromatic heterocycles. The monoisotopic (exact) mass is 474 g/mol. The molecule has 1 unspecified atom stereocenters. The van der Waals surface area contributed by atoms with E-state index >= 15 is 0 Å². The smallest absolute Gasteiger partial charge is 0.247 e. The van der Waals surface area contributed by atoms with Gasteiger partial charge in [-0.2, -0.15) is 0 Å². The highest BCUT2D eigenvalue weighted by molar-refractivity contribution is 7.10. The van der Waals surface area contributed by atoms with Crippen LogP contribution in [0.4, 0.5) is 0 Å². The molecule has 176 valence electrons. The van der Waals surface area contributed by atoms with E-state index in [0.717, 1.165) is 17.5 Å². The molecule has 0 saturated heterocycles. The molecule has 0 spiro atoms. The molecule has 0 saturated carbocycles. The van der Waals surface area contributed by atoms with Crippen LogP contribution in [0.1, 0.15) is 34.0 Å². The Morgan fingerprint density at radius 1 is 1.09 bits per heavy atom. The van der Waals surface area contributed by atoms with Crippen molar-refractivity contribution in [3.63, 3.8) is 0 Å². The van der Waals surface area contributed by atoms with E-state index in [1.807, 2.05) is 53.4 Å². The van der Waals surface area contributed by atoms with E-state index in [1.165, 1.54) is 10.4 Å². The maximum absolute atomic E-state index is 13.6. The summed E-state index contributed by atoms with van der Waals surface area (Å²) in [4.78, 5) is 31.6. The minimum absolute atomic E-state index is 0.0374. The molecular weight excluding hydrogens is 444 g/mol. The lowest BCUT2D eigenvalue weighted by Crippen LogP contribution is -2.46. The molecule has 1 aliphatic heterocycles. The lowest BCUT2D eigenvalue weighted by Gasteiger charge is -2.37. The number of fused-ring (bicyclic) bond motifs is 1. The van der Waals surface area contributed by atoms with Crippen LogP contribution in [0, 0.1) is 0 Å². The molecule has 0 radical (unpaired) electrons. The first-order chi connectivity index (χ1) is 16.7. The second-order valence-electron chi connectivity index (χ2n) is 8.30. The molecule has 0 N–H and O–H groups in total. The predicted molar refractivity (Wildman–Crippen MR) is 137 cm³/mol. The molecule has 4 rings (SSSR count). The standard InChI is InChI=1S/C28H30N2O3S/c1-33-19-8-17-29(26(31)14-13-22-9-4-2-5-10-22)21-27(32)30-18-15-25-24(16-20-34-25)28(30)23-11-6-3-7-12-23/h2-7,9-14,16,20,28H,8,15,17-19,21H2,1H3. The molecule has 3 aromatic rings. The Morgan fingerprint density at radius 2 is 1.82 bits per heavy atom. The Kier molecular flexibility index (Phi) is 8.28. The zero-order valence-electron chi connectivity index (χ0n) is 19.4. The molecule has 5 nitrogen and oxygen atoms in total. The average Bonchev–Trinajstić information content (AvgIpc) is 3.36. The van der Waals surface area contributed by atoms with Crippen LogP contribution in [0.15, 0.2) is 78.2 Å². The quantitative estimate of drug-likeness (QED) is 0.331. The maximum atomic E-state index is 13.6. The molecule has 2 aromatic carbocycles. The van der Waals surface area contributed by atoms with E-state index in [4.69, 9.17) is 4.74 Å². The molecule has 34 heavy (non-hydrogen) atoms. The lowest BCUT2D eigenvalue weighted by molar-refractivity contribution is -0.139. The third-order valence-electron chi connectivity index (χ3n) is 6.03. The van der Waals surface area contributed by atoms with E-state index < -0.39 is 0 Å². The minimum Gasteiger partial charge on any atom is -0.385 e. The van der Waals surface area contributed by atoms with Gasteiger partial charge in [-0.1, -0.05) is 60.7 Å². The number of hydrogen-bond acceptors (Lipinski definition) is 4. The van der Waals surface area contributed by atoms with Crippen molar-refractivity contribution in [1.82, 2.24) is 9.80 Å². The molecule has 0 aliphatic carbocycles. The van der Waals surface area contributed by atoms with Crippen LogP contribution >= 0.6 is 11.3 Å². The highest BCUT2D eigenvalue weighted by atomic mass is 32.1. The molecular formula is C28H30N2O3S. The summed E-state index contributed by atoms with van der Waals surface area (Å²) in [5.41, 5.74) is 3.23. The van der Waals surface area contributed by atoms with Gasteiger partial charge in [-0.3, -0.25) is 9.59 Å². The largest absolute Gasteiger partial charge is 0.385 e. The summed E-state index contributed by atoms with van der Waals surface area (Å²) >= 11 is 1.75. The topological polar surface area (TPSA) is 49.9 Å². The fourth-order valence-corrected chi connectivity index (χ4v) is 5.24. The van der Waals surface area contributed by atoms with Crippen LogP contribution in [0.2, 0.25) is 0 Å². The van der Waals surface area contributed by atoms with Crippen LogP contribution in [0.25, 0.3) is 6.08 Å². The first-order valence-electron chi connectivity index (χ1n) is 11.6. The predicted octanol–water partition coefficient (Wildman–Crippen LogP) is 4.80. The van der Waals surface area contributed by atoms with Gasteiger partial charge in [0.05, 0.1) is 6.04 Å². The molecule has 0 fully saturated rings. The van der Waals surface area contributed by atoms with E-state index in [2.05, 4.69) is 23.6 Å². The van der Waals surface area contributed by atoms with Gasteiger partial charge >= 0.3 is 0 Å². The van der Waals surface area contributed by atoms with Crippen LogP contribution in [-0.4, -0.2) is 55.0 Å². The second-order valence-corrected chi connectivity index (χ2v) is 9.30. The SMILES string of the molecule is COCCCN(CC(=O)N1CCc2sccc2C1c1ccccc1)C(=O)C=Cc1ccccc1. The van der Waals surface area contributed by atoms with Crippen LogP contribution in [0.3, 0.4) is 0 Å². The van der Waals surface area contributed by atoms with Gasteiger partial charge in [0.25, 0.3) is 0 Å². The number of nitrogens with zero attached hydrogens (tertiary/aromatic N) is 2. The summed E-state index contributed by atoms with van der Waals surface area (Å²) in [6, 6.07) is 21.8. The maximum Gasteiger partial charge on any atom is 0.247 e. The van der Waals surface area contributed by atoms with Gasteiger partial charge in [-0.05, 0) is 47.1 Å². The summed E-state index contributed by atoms with van der Waals surface area (Å²) in [7, 11) is 1.64. The van der Waals surface area contributed by atoms with E-state index in [1.54, 1.807) is 35.5 Å². The molecule has 2 amide bonds. The van der Waals surface area contributed by atoms with Gasteiger partial charge in [0.2, 0.25) is 11.8 Å². The van der Waals surface area contributed by atoms with E-state index in [0.29, 0.717) is 26.1 Å². The highest BCUT2D eigenvalue weighted by Crippen LogP contribution is 2.37. The Labute approximate surface area is 205 Å². The first-order valence-corrected chi connectivity index (χ1v) is 12.5. The zero-order valence-corrected chi connectivity index (χ0v) is 20.2. The number of hydrogen-bond donors (Lipinski definition) is 0. The van der Waals surface area contributed by atoms with Crippen LogP contribution in [0.5, 0.6) is 0 Å². The van der Waals surface area contributed by atoms with Gasteiger partial charge in [0, 0.05) is 37.8 Å². The molecule has 6 heteroatoms. The fourth-order valence-electron chi connectivity index (χ4n) is 4.34. The van der Waals surface area contributed by atoms with Gasteiger partial charge in [0.15, 0.2) is 0 Å². The lowest BCUT2D eigenvalue weighted by atomic mass is 9.93. The Morgan fingerprint density at radius 3 is 2.56 bits per heavy atom. The zero-order chi connectivity index (χ0) is 23.8. The van der Waals surface area contributed by atoms with Gasteiger partial charge in [0.1, 0.15) is 6.54 Å². The summed E-state index contributed by atoms with van der Waals surface area (Å²) in [5, 5.41) is 2.10. The van der Waals surface area contributed by atoms with Crippen molar-refractivity contribution >= 4 is 29.2 Å². The number of carbonyl (C=O) groups is 2. The average molecular weight is 475 g/mol. The summed E-state index contributed by atoms with van der Waals surface area (Å²) < 4.78 is 5.18. The van der Waals surface area contributed by atoms with Crippen molar-refractivity contribution in [2.24, 2.45) is 0 Å². The van der Waals surface area contributed by atoms with Gasteiger partial charge in [-0.25, -0.2) is 0 Å². The Hall–Kier alpha value is -3.22. The number of amides is 2. The van der Waals surface area contributed by atoms with E-state index in [-0.39, 0.29) is 24.4 Å². The molecule has 1 aliphatic rings. The normalized spacial score (nSPS) is 15.3. The molecule has 2 heterocycles. The van der Waals surface area contributed by atoms with Crippen molar-refractivity contribution in [1.29, 1.82) is 0 Å². The summed E-state index contributed by atoms with van der Waals surface area (Å²) in [5.74, 6) is -0.206. The summed E-state index contributed by atoms with van der Waals surface area (Å²) in [6.07, 6.45) is 4.86. The number of carbonyl (C=O) groups excluding carboxylic acids is 2. The molecule has 1 atom stereocenters. The van der Waals surface area contributed by atoms with E-state index in [9.17, 15) is 9.59 Å². The van der Waals surface area contributed by atoms with Crippen molar-refractivity contribution in [2.45, 2.75) is 18.9 Å². The number of thiophene rings is 1. The van der Waals surface area contributed by atoms with Gasteiger partial charge < -0.3 is 14.5 Å². The van der Waals surface area contributed by atoms with Gasteiger partial charge in [-0.15, -0.1) is 11.3 Å². The number of rotatable bonds is 9. The third kappa shape index (κ3) is 5.82. The van der Waals surface area contributed by atoms with Crippen molar-refractivity contribution in [3.05, 3.63) is 99.8 Å². The highest BCUT2D eigenvalue weighted by Gasteiger charge is 2.33. The Bertz CT molecular complexity index is 1110. The van der Waals surface area contributed by atoms with Crippen LogP contribution < -0.4 is 0 Å². The van der Waals surface area contributed by atoms with Crippen LogP contribution in [-0.2, 0) is 20.7 Å². The van der Waals surface area contributed by atoms with Crippen molar-refractivity contribution < 1.29 is 14.3 Å². The molecule has 0 bridgehead atoms. The Balaban J connectivity index is 1.53. The van der Waals surface area contributed by atoms with Crippen molar-refractivity contribution in [2.75, 3.05) is 33.4 Å². The number of benzene rings is 2. The number of ether oxygens (including phenoxy) is 1. The summed E-state index contributed by atoms with van der Waals surface area (Å²) in [6.45, 7) is 1.69. The number of methoxy groups -OCH3 is 1. The van der Waals surface area contributed by atoms with Crippen molar-refractivity contribution in [3.8, 4) is 0 Å². The minimum atomic E-state index is -0.169. The third-order valence-corrected chi connectivity index (χ3v) is 7.03. The first kappa shape index (κ1) is 23.9. The second kappa shape index (κ2) is 11.8. The fraction of sp³-hybridized carbons (Fsp3) is 0.286.